The molecule has 1 aliphatic carbocycles. The lowest BCUT2D eigenvalue weighted by Gasteiger charge is -2.49. The maximum Gasteiger partial charge on any atom is 0.192 e. The van der Waals surface area contributed by atoms with Gasteiger partial charge in [-0.1, -0.05) is 78.5 Å². The van der Waals surface area contributed by atoms with E-state index >= 15 is 0 Å². The van der Waals surface area contributed by atoms with E-state index < -0.39 is 22.2 Å². The second-order valence-electron chi connectivity index (χ2n) is 13.1. The lowest BCUT2D eigenvalue weighted by atomic mass is 9.79. The quantitative estimate of drug-likeness (QED) is 0.314. The van der Waals surface area contributed by atoms with Gasteiger partial charge < -0.3 is 18.3 Å². The van der Waals surface area contributed by atoms with Gasteiger partial charge in [0.15, 0.2) is 22.9 Å². The van der Waals surface area contributed by atoms with Crippen molar-refractivity contribution in [1.82, 2.24) is 0 Å². The third kappa shape index (κ3) is 5.73. The first-order valence-corrected chi connectivity index (χ1v) is 18.2. The smallest absolute Gasteiger partial charge is 0.192 e. The van der Waals surface area contributed by atoms with Crippen LogP contribution in [0.4, 0.5) is 0 Å². The maximum absolute atomic E-state index is 6.95. The summed E-state index contributed by atoms with van der Waals surface area (Å²) in [5, 5.41) is 0.237. The van der Waals surface area contributed by atoms with Crippen LogP contribution in [0, 0.1) is 0 Å². The predicted octanol–water partition coefficient (Wildman–Crippen LogP) is 7.60. The van der Waals surface area contributed by atoms with Crippen molar-refractivity contribution in [3.8, 4) is 0 Å². The van der Waals surface area contributed by atoms with E-state index in [1.165, 1.54) is 0 Å². The predicted molar refractivity (Wildman–Crippen MR) is 141 cm³/mol. The molecule has 6 heteroatoms. The summed E-state index contributed by atoms with van der Waals surface area (Å²) in [6, 6.07) is 10.2. The minimum Gasteiger partial charge on any atom is -0.410 e. The topological polar surface area (TPSA) is 36.9 Å². The fourth-order valence-corrected chi connectivity index (χ4v) is 6.64. The Labute approximate surface area is 204 Å². The van der Waals surface area contributed by atoms with Crippen molar-refractivity contribution in [2.45, 2.75) is 115 Å². The summed E-state index contributed by atoms with van der Waals surface area (Å²) in [4.78, 5) is 0. The van der Waals surface area contributed by atoms with Gasteiger partial charge in [0, 0.05) is 18.4 Å². The minimum absolute atomic E-state index is 0.0902. The van der Waals surface area contributed by atoms with Gasteiger partial charge in [-0.15, -0.1) is 0 Å². The molecular formula is C27H46O4Si2. The Hall–Kier alpha value is -0.766. The van der Waals surface area contributed by atoms with E-state index in [1.807, 2.05) is 18.2 Å². The molecule has 1 aliphatic heterocycles. The first-order chi connectivity index (χ1) is 15.0. The Morgan fingerprint density at radius 2 is 1.30 bits per heavy atom. The van der Waals surface area contributed by atoms with E-state index in [0.717, 1.165) is 24.0 Å². The normalized spacial score (nSPS) is 29.6. The number of hydrogen-bond acceptors (Lipinski definition) is 4. The maximum atomic E-state index is 6.95. The summed E-state index contributed by atoms with van der Waals surface area (Å²) in [6.45, 7) is 28.0. The summed E-state index contributed by atoms with van der Waals surface area (Å²) in [5.74, 6) is 0. The minimum atomic E-state index is -2.01. The highest BCUT2D eigenvalue weighted by Crippen LogP contribution is 2.49. The van der Waals surface area contributed by atoms with Crippen molar-refractivity contribution in [1.29, 1.82) is 0 Å². The third-order valence-electron chi connectivity index (χ3n) is 8.35. The molecular weight excluding hydrogens is 444 g/mol. The molecule has 0 N–H and O–H groups in total. The first kappa shape index (κ1) is 26.8. The van der Waals surface area contributed by atoms with Gasteiger partial charge in [-0.25, -0.2) is 0 Å². The van der Waals surface area contributed by atoms with Crippen molar-refractivity contribution in [3.63, 3.8) is 0 Å². The fourth-order valence-electron chi connectivity index (χ4n) is 4.04. The fraction of sp³-hybridized carbons (Fsp3) is 0.704. The van der Waals surface area contributed by atoms with E-state index in [4.69, 9.17) is 18.3 Å². The standard InChI is InChI=1S/C27H46O4Si2/c1-20-22(30-32(8,9)25(2,3)4)17-27(18-23(20)31-33(10,11)26(5,6)7)19-28-24(29-27)21-15-13-12-14-16-21/h12-16,22-24H,1,17-19H2,2-11H3/t22-,23-,24?/m1/s1. The molecule has 2 fully saturated rings. The Kier molecular flexibility index (Phi) is 7.34. The van der Waals surface area contributed by atoms with Crippen LogP contribution in [0.25, 0.3) is 0 Å². The number of ether oxygens (including phenoxy) is 2. The van der Waals surface area contributed by atoms with E-state index in [9.17, 15) is 0 Å². The molecule has 3 atom stereocenters. The molecule has 0 radical (unpaired) electrons. The molecule has 1 heterocycles. The van der Waals surface area contributed by atoms with Gasteiger partial charge >= 0.3 is 0 Å². The van der Waals surface area contributed by atoms with Crippen LogP contribution in [0.3, 0.4) is 0 Å². The molecule has 0 bridgehead atoms. The first-order valence-electron chi connectivity index (χ1n) is 12.4. The molecule has 1 aromatic carbocycles. The van der Waals surface area contributed by atoms with Gasteiger partial charge in [0.2, 0.25) is 0 Å². The Morgan fingerprint density at radius 3 is 1.73 bits per heavy atom. The molecule has 1 spiro atoms. The second-order valence-corrected chi connectivity index (χ2v) is 22.6. The summed E-state index contributed by atoms with van der Waals surface area (Å²) in [5.41, 5.74) is 1.70. The number of hydrogen-bond donors (Lipinski definition) is 0. The molecule has 0 aromatic heterocycles. The lowest BCUT2D eigenvalue weighted by Crippen LogP contribution is -2.55. The largest absolute Gasteiger partial charge is 0.410 e. The van der Waals surface area contributed by atoms with Crippen molar-refractivity contribution in [3.05, 3.63) is 48.0 Å². The highest BCUT2D eigenvalue weighted by atomic mass is 28.4. The SMILES string of the molecule is C=C1[C@H](O[Si](C)(C)C(C)(C)C)CC2(COC(c3ccccc3)O2)C[C@H]1O[Si](C)(C)C(C)(C)C. The van der Waals surface area contributed by atoms with E-state index in [1.54, 1.807) is 0 Å². The Morgan fingerprint density at radius 1 is 0.848 bits per heavy atom. The van der Waals surface area contributed by atoms with E-state index in [2.05, 4.69) is 86.4 Å². The van der Waals surface area contributed by atoms with Crippen molar-refractivity contribution >= 4 is 16.6 Å². The highest BCUT2D eigenvalue weighted by molar-refractivity contribution is 6.74. The van der Waals surface area contributed by atoms with E-state index in [0.29, 0.717) is 6.61 Å². The molecule has 1 saturated heterocycles. The average molecular weight is 491 g/mol. The molecule has 2 aliphatic rings. The van der Waals surface area contributed by atoms with Crippen LogP contribution in [0.5, 0.6) is 0 Å². The molecule has 33 heavy (non-hydrogen) atoms. The molecule has 4 nitrogen and oxygen atoms in total. The average Bonchev–Trinajstić information content (AvgIpc) is 3.07. The van der Waals surface area contributed by atoms with E-state index in [-0.39, 0.29) is 28.6 Å². The van der Waals surface area contributed by atoms with Crippen LogP contribution in [0.1, 0.15) is 66.2 Å². The summed E-state index contributed by atoms with van der Waals surface area (Å²) < 4.78 is 26.8. The van der Waals surface area contributed by atoms with Gasteiger partial charge in [0.1, 0.15) is 5.60 Å². The Balaban J connectivity index is 1.90. The number of rotatable bonds is 5. The molecule has 1 unspecified atom stereocenters. The van der Waals surface area contributed by atoms with Gasteiger partial charge in [-0.05, 0) is 41.8 Å². The summed E-state index contributed by atoms with van der Waals surface area (Å²) in [6.07, 6.45) is 0.998. The number of benzene rings is 1. The van der Waals surface area contributed by atoms with Gasteiger partial charge in [-0.3, -0.25) is 0 Å². The van der Waals surface area contributed by atoms with Crippen LogP contribution in [-0.4, -0.2) is 41.1 Å². The highest BCUT2D eigenvalue weighted by Gasteiger charge is 2.53. The zero-order valence-corrected chi connectivity index (χ0v) is 24.6. The molecule has 3 rings (SSSR count). The summed E-state index contributed by atoms with van der Waals surface area (Å²) in [7, 11) is -4.02. The second kappa shape index (κ2) is 9.03. The van der Waals surface area contributed by atoms with Crippen LogP contribution in [0.15, 0.2) is 42.5 Å². The molecule has 0 amide bonds. The van der Waals surface area contributed by atoms with Crippen LogP contribution in [-0.2, 0) is 18.3 Å². The molecule has 186 valence electrons. The lowest BCUT2D eigenvalue weighted by molar-refractivity contribution is -0.121. The van der Waals surface area contributed by atoms with Crippen LogP contribution >= 0.6 is 0 Å². The third-order valence-corrected chi connectivity index (χ3v) is 17.3. The van der Waals surface area contributed by atoms with Crippen LogP contribution in [0.2, 0.25) is 36.3 Å². The Bertz CT molecular complexity index is 796. The monoisotopic (exact) mass is 490 g/mol. The van der Waals surface area contributed by atoms with Crippen molar-refractivity contribution < 1.29 is 18.3 Å². The van der Waals surface area contributed by atoms with Gasteiger partial charge in [0.05, 0.1) is 18.8 Å². The zero-order valence-electron chi connectivity index (χ0n) is 22.6. The van der Waals surface area contributed by atoms with Crippen molar-refractivity contribution in [2.24, 2.45) is 0 Å². The van der Waals surface area contributed by atoms with Gasteiger partial charge in [-0.2, -0.15) is 0 Å². The zero-order chi connectivity index (χ0) is 24.9. The summed E-state index contributed by atoms with van der Waals surface area (Å²) >= 11 is 0. The van der Waals surface area contributed by atoms with Crippen molar-refractivity contribution in [2.75, 3.05) is 6.61 Å². The molecule has 1 aromatic rings. The van der Waals surface area contributed by atoms with Gasteiger partial charge in [0.25, 0.3) is 0 Å². The molecule has 1 saturated carbocycles. The van der Waals surface area contributed by atoms with Crippen LogP contribution < -0.4 is 0 Å².